The van der Waals surface area contributed by atoms with Gasteiger partial charge in [-0.3, -0.25) is 18.6 Å². The van der Waals surface area contributed by atoms with Gasteiger partial charge in [-0.15, -0.1) is 10.2 Å². The Kier molecular flexibility index (Phi) is 5.24. The lowest BCUT2D eigenvalue weighted by Crippen LogP contribution is -2.23. The first kappa shape index (κ1) is 19.4. The molecule has 4 aromatic rings. The number of thioether (sulfide) groups is 1. The third-order valence-corrected chi connectivity index (χ3v) is 5.88. The highest BCUT2D eigenvalue weighted by Crippen LogP contribution is 2.23. The largest absolute Gasteiger partial charge is 0.293 e. The first-order valence-corrected chi connectivity index (χ1v) is 10.6. The normalized spacial score (nSPS) is 11.4. The van der Waals surface area contributed by atoms with Gasteiger partial charge in [0.15, 0.2) is 10.9 Å². The van der Waals surface area contributed by atoms with Crippen LogP contribution < -0.4 is 5.56 Å². The molecule has 0 saturated heterocycles. The van der Waals surface area contributed by atoms with E-state index in [2.05, 4.69) is 10.2 Å². The van der Waals surface area contributed by atoms with E-state index in [1.165, 1.54) is 11.8 Å². The molecule has 148 valence electrons. The van der Waals surface area contributed by atoms with Gasteiger partial charge >= 0.3 is 0 Å². The number of carbonyl (C=O) groups excluding carboxylic acids is 1. The summed E-state index contributed by atoms with van der Waals surface area (Å²) in [6.07, 6.45) is 0.814. The Hall–Kier alpha value is -2.93. The lowest BCUT2D eigenvalue weighted by Gasteiger charge is -2.10. The number of rotatable bonds is 6. The molecular formula is C22H22N4O2S. The number of hydrogen-bond donors (Lipinski definition) is 0. The van der Waals surface area contributed by atoms with E-state index in [1.54, 1.807) is 4.57 Å². The average molecular weight is 407 g/mol. The molecule has 0 bridgehead atoms. The molecule has 7 heteroatoms. The summed E-state index contributed by atoms with van der Waals surface area (Å²) in [5, 5.41) is 9.81. The SMILES string of the molecule is CCCn1c(=O)c2ccccc2n2c(SCC(=O)c3cc(C)ccc3C)nnc12. The molecule has 2 aromatic carbocycles. The van der Waals surface area contributed by atoms with Crippen molar-refractivity contribution in [1.82, 2.24) is 19.2 Å². The molecule has 0 atom stereocenters. The van der Waals surface area contributed by atoms with Crippen LogP contribution in [-0.4, -0.2) is 30.7 Å². The fourth-order valence-corrected chi connectivity index (χ4v) is 4.32. The molecule has 4 rings (SSSR count). The number of ketones is 1. The van der Waals surface area contributed by atoms with E-state index in [9.17, 15) is 9.59 Å². The molecule has 0 fully saturated rings. The fourth-order valence-electron chi connectivity index (χ4n) is 3.50. The third kappa shape index (κ3) is 3.46. The van der Waals surface area contributed by atoms with Gasteiger partial charge < -0.3 is 0 Å². The van der Waals surface area contributed by atoms with Crippen LogP contribution in [0.15, 0.2) is 52.4 Å². The Morgan fingerprint density at radius 2 is 1.90 bits per heavy atom. The highest BCUT2D eigenvalue weighted by molar-refractivity contribution is 7.99. The maximum Gasteiger partial charge on any atom is 0.262 e. The molecule has 0 aliphatic rings. The van der Waals surface area contributed by atoms with Gasteiger partial charge in [-0.1, -0.05) is 48.5 Å². The molecule has 0 unspecified atom stereocenters. The molecule has 0 aliphatic heterocycles. The zero-order valence-electron chi connectivity index (χ0n) is 16.7. The highest BCUT2D eigenvalue weighted by atomic mass is 32.2. The summed E-state index contributed by atoms with van der Waals surface area (Å²) in [5.41, 5.74) is 3.46. The molecule has 29 heavy (non-hydrogen) atoms. The van der Waals surface area contributed by atoms with Crippen molar-refractivity contribution in [2.75, 3.05) is 5.75 Å². The van der Waals surface area contributed by atoms with Crippen molar-refractivity contribution < 1.29 is 4.79 Å². The van der Waals surface area contributed by atoms with Crippen LogP contribution in [0.4, 0.5) is 0 Å². The smallest absolute Gasteiger partial charge is 0.262 e. The van der Waals surface area contributed by atoms with Crippen LogP contribution in [0.2, 0.25) is 0 Å². The fraction of sp³-hybridized carbons (Fsp3) is 0.273. The van der Waals surface area contributed by atoms with E-state index in [1.807, 2.05) is 67.6 Å². The van der Waals surface area contributed by atoms with Crippen molar-refractivity contribution in [2.24, 2.45) is 0 Å². The second-order valence-electron chi connectivity index (χ2n) is 7.12. The number of aryl methyl sites for hydroxylation is 3. The molecule has 0 aliphatic carbocycles. The average Bonchev–Trinajstić information content (AvgIpc) is 3.15. The van der Waals surface area contributed by atoms with E-state index in [0.29, 0.717) is 22.9 Å². The van der Waals surface area contributed by atoms with Gasteiger partial charge in [0.05, 0.1) is 16.7 Å². The lowest BCUT2D eigenvalue weighted by atomic mass is 10.0. The summed E-state index contributed by atoms with van der Waals surface area (Å²) >= 11 is 1.35. The Morgan fingerprint density at radius 3 is 2.69 bits per heavy atom. The van der Waals surface area contributed by atoms with Gasteiger partial charge in [0.1, 0.15) is 0 Å². The molecular weight excluding hydrogens is 384 g/mol. The first-order chi connectivity index (χ1) is 14.0. The van der Waals surface area contributed by atoms with Gasteiger partial charge in [-0.05, 0) is 44.0 Å². The monoisotopic (exact) mass is 406 g/mol. The lowest BCUT2D eigenvalue weighted by molar-refractivity contribution is 0.102. The summed E-state index contributed by atoms with van der Waals surface area (Å²) in [7, 11) is 0. The maximum absolute atomic E-state index is 12.9. The first-order valence-electron chi connectivity index (χ1n) is 9.61. The van der Waals surface area contributed by atoms with Gasteiger partial charge in [0, 0.05) is 12.1 Å². The predicted octanol–water partition coefficient (Wildman–Crippen LogP) is 4.05. The van der Waals surface area contributed by atoms with E-state index < -0.39 is 0 Å². The van der Waals surface area contributed by atoms with Crippen molar-refractivity contribution in [2.45, 2.75) is 38.9 Å². The zero-order valence-corrected chi connectivity index (χ0v) is 17.5. The molecule has 0 saturated carbocycles. The number of aromatic nitrogens is 4. The Labute approximate surface area is 172 Å². The number of nitrogens with zero attached hydrogens (tertiary/aromatic N) is 4. The Balaban J connectivity index is 1.76. The van der Waals surface area contributed by atoms with E-state index in [4.69, 9.17) is 0 Å². The summed E-state index contributed by atoms with van der Waals surface area (Å²) < 4.78 is 3.54. The van der Waals surface area contributed by atoms with Crippen LogP contribution in [0.1, 0.15) is 34.8 Å². The second kappa shape index (κ2) is 7.83. The van der Waals surface area contributed by atoms with Gasteiger partial charge in [-0.25, -0.2) is 0 Å². The van der Waals surface area contributed by atoms with Crippen LogP contribution in [0.25, 0.3) is 16.7 Å². The van der Waals surface area contributed by atoms with Crippen LogP contribution >= 0.6 is 11.8 Å². The van der Waals surface area contributed by atoms with Crippen LogP contribution in [0, 0.1) is 13.8 Å². The topological polar surface area (TPSA) is 69.3 Å². The van der Waals surface area contributed by atoms with Crippen LogP contribution in [0.5, 0.6) is 0 Å². The molecule has 0 radical (unpaired) electrons. The van der Waals surface area contributed by atoms with Crippen molar-refractivity contribution >= 4 is 34.2 Å². The van der Waals surface area contributed by atoms with E-state index in [-0.39, 0.29) is 17.1 Å². The van der Waals surface area contributed by atoms with Gasteiger partial charge in [0.2, 0.25) is 5.78 Å². The van der Waals surface area contributed by atoms with Gasteiger partial charge in [-0.2, -0.15) is 0 Å². The minimum Gasteiger partial charge on any atom is -0.293 e. The van der Waals surface area contributed by atoms with Crippen molar-refractivity contribution in [3.05, 3.63) is 69.5 Å². The molecule has 0 N–H and O–H groups in total. The maximum atomic E-state index is 12.9. The van der Waals surface area contributed by atoms with E-state index in [0.717, 1.165) is 28.6 Å². The number of Topliss-reactive ketones (excluding diaryl/α,β-unsaturated/α-hetero) is 1. The minimum atomic E-state index is -0.0645. The molecule has 0 spiro atoms. The van der Waals surface area contributed by atoms with E-state index >= 15 is 0 Å². The number of hydrogen-bond acceptors (Lipinski definition) is 5. The second-order valence-corrected chi connectivity index (χ2v) is 8.06. The predicted molar refractivity (Wildman–Crippen MR) is 116 cm³/mol. The van der Waals surface area contributed by atoms with Crippen molar-refractivity contribution in [3.63, 3.8) is 0 Å². The number of carbonyl (C=O) groups is 1. The van der Waals surface area contributed by atoms with Crippen molar-refractivity contribution in [3.8, 4) is 0 Å². The number of para-hydroxylation sites is 1. The quantitative estimate of drug-likeness (QED) is 0.357. The Morgan fingerprint density at radius 1 is 1.10 bits per heavy atom. The van der Waals surface area contributed by atoms with Crippen LogP contribution in [0.3, 0.4) is 0 Å². The zero-order chi connectivity index (χ0) is 20.5. The molecule has 2 aromatic heterocycles. The summed E-state index contributed by atoms with van der Waals surface area (Å²) in [6.45, 7) is 6.51. The molecule has 2 heterocycles. The summed E-state index contributed by atoms with van der Waals surface area (Å²) in [5.74, 6) is 0.822. The summed E-state index contributed by atoms with van der Waals surface area (Å²) in [4.78, 5) is 25.7. The Bertz CT molecular complexity index is 1290. The van der Waals surface area contributed by atoms with Gasteiger partial charge in [0.25, 0.3) is 5.56 Å². The summed E-state index contributed by atoms with van der Waals surface area (Å²) in [6, 6.07) is 13.3. The minimum absolute atomic E-state index is 0.0548. The number of fused-ring (bicyclic) bond motifs is 3. The van der Waals surface area contributed by atoms with Crippen molar-refractivity contribution in [1.29, 1.82) is 0 Å². The standard InChI is InChI=1S/C22H22N4O2S/c1-4-11-25-20(28)16-7-5-6-8-18(16)26-21(25)23-24-22(26)29-13-19(27)17-12-14(2)9-10-15(17)3/h5-10,12H,4,11,13H2,1-3H3. The molecule has 0 amide bonds. The van der Waals surface area contributed by atoms with Crippen LogP contribution in [-0.2, 0) is 6.54 Å². The highest BCUT2D eigenvalue weighted by Gasteiger charge is 2.18. The number of benzene rings is 2. The third-order valence-electron chi connectivity index (χ3n) is 4.95. The molecule has 6 nitrogen and oxygen atoms in total.